The molecule has 3 aromatic rings. The van der Waals surface area contributed by atoms with Crippen molar-refractivity contribution in [3.63, 3.8) is 0 Å². The molecule has 0 fully saturated rings. The van der Waals surface area contributed by atoms with Gasteiger partial charge in [-0.2, -0.15) is 0 Å². The molecule has 0 radical (unpaired) electrons. The van der Waals surface area contributed by atoms with E-state index in [4.69, 9.17) is 11.6 Å². The molecular formula is C20H19ClN4O. The van der Waals surface area contributed by atoms with E-state index in [0.717, 1.165) is 23.4 Å². The quantitative estimate of drug-likeness (QED) is 0.667. The maximum atomic E-state index is 12.4. The number of amides is 1. The van der Waals surface area contributed by atoms with Crippen LogP contribution in [0.2, 0.25) is 5.02 Å². The van der Waals surface area contributed by atoms with E-state index in [1.54, 1.807) is 18.3 Å². The van der Waals surface area contributed by atoms with Crippen LogP contribution in [-0.2, 0) is 6.42 Å². The Morgan fingerprint density at radius 2 is 1.88 bits per heavy atom. The number of halogens is 1. The number of hydrogen-bond acceptors (Lipinski definition) is 4. The zero-order valence-corrected chi connectivity index (χ0v) is 15.3. The first-order chi connectivity index (χ1) is 12.5. The molecule has 0 aliphatic heterocycles. The average molecular weight is 367 g/mol. The lowest BCUT2D eigenvalue weighted by Gasteiger charge is -2.10. The van der Waals surface area contributed by atoms with Crippen LogP contribution in [0.15, 0.2) is 54.7 Å². The maximum absolute atomic E-state index is 12.4. The highest BCUT2D eigenvalue weighted by atomic mass is 35.5. The molecule has 3 rings (SSSR count). The first-order valence-corrected chi connectivity index (χ1v) is 8.69. The Balaban J connectivity index is 1.75. The Hall–Kier alpha value is -2.92. The molecule has 1 aromatic heterocycles. The molecule has 26 heavy (non-hydrogen) atoms. The molecule has 2 N–H and O–H groups in total. The van der Waals surface area contributed by atoms with Crippen molar-refractivity contribution in [3.8, 4) is 0 Å². The fourth-order valence-corrected chi connectivity index (χ4v) is 2.59. The maximum Gasteiger partial charge on any atom is 0.274 e. The molecule has 0 spiro atoms. The van der Waals surface area contributed by atoms with E-state index in [1.807, 2.05) is 43.3 Å². The van der Waals surface area contributed by atoms with Gasteiger partial charge in [0.15, 0.2) is 0 Å². The zero-order valence-electron chi connectivity index (χ0n) is 14.6. The Labute approximate surface area is 157 Å². The standard InChI is InChI=1S/C20H19ClN4O/c1-3-14-5-8-16(9-6-14)23-19(26)17-10-11-22-20(24-17)25-18-12-15(21)7-4-13(18)2/h4-12H,3H2,1-2H3,(H,23,26)(H,22,24,25). The highest BCUT2D eigenvalue weighted by Gasteiger charge is 2.10. The molecule has 1 amide bonds. The van der Waals surface area contributed by atoms with Gasteiger partial charge in [-0.25, -0.2) is 9.97 Å². The Kier molecular flexibility index (Phi) is 5.49. The molecule has 132 valence electrons. The van der Waals surface area contributed by atoms with E-state index in [2.05, 4.69) is 27.5 Å². The second-order valence-electron chi connectivity index (χ2n) is 5.85. The van der Waals surface area contributed by atoms with Crippen LogP contribution >= 0.6 is 11.6 Å². The summed E-state index contributed by atoms with van der Waals surface area (Å²) in [5.74, 6) is 0.0480. The molecule has 1 heterocycles. The molecule has 0 saturated heterocycles. The van der Waals surface area contributed by atoms with E-state index in [-0.39, 0.29) is 11.6 Å². The normalized spacial score (nSPS) is 10.4. The number of nitrogens with one attached hydrogen (secondary N) is 2. The van der Waals surface area contributed by atoms with Gasteiger partial charge in [-0.3, -0.25) is 4.79 Å². The molecule has 2 aromatic carbocycles. The van der Waals surface area contributed by atoms with Gasteiger partial charge in [0.2, 0.25) is 5.95 Å². The highest BCUT2D eigenvalue weighted by Crippen LogP contribution is 2.22. The summed E-state index contributed by atoms with van der Waals surface area (Å²) >= 11 is 6.03. The zero-order chi connectivity index (χ0) is 18.5. The van der Waals surface area contributed by atoms with Gasteiger partial charge in [0, 0.05) is 22.6 Å². The monoisotopic (exact) mass is 366 g/mol. The number of nitrogens with zero attached hydrogens (tertiary/aromatic N) is 2. The SMILES string of the molecule is CCc1ccc(NC(=O)c2ccnc(Nc3cc(Cl)ccc3C)n2)cc1. The van der Waals surface area contributed by atoms with Crippen molar-refractivity contribution >= 4 is 34.8 Å². The van der Waals surface area contributed by atoms with Crippen molar-refractivity contribution in [2.75, 3.05) is 10.6 Å². The smallest absolute Gasteiger partial charge is 0.274 e. The number of hydrogen-bond donors (Lipinski definition) is 2. The summed E-state index contributed by atoms with van der Waals surface area (Å²) in [6.07, 6.45) is 2.50. The summed E-state index contributed by atoms with van der Waals surface area (Å²) in [7, 11) is 0. The summed E-state index contributed by atoms with van der Waals surface area (Å²) < 4.78 is 0. The summed E-state index contributed by atoms with van der Waals surface area (Å²) in [5.41, 5.74) is 4.02. The first kappa shape index (κ1) is 17.9. The number of anilines is 3. The van der Waals surface area contributed by atoms with Gasteiger partial charge in [-0.15, -0.1) is 0 Å². The number of carbonyl (C=O) groups is 1. The fourth-order valence-electron chi connectivity index (χ4n) is 2.41. The van der Waals surface area contributed by atoms with Gasteiger partial charge in [-0.05, 0) is 54.8 Å². The highest BCUT2D eigenvalue weighted by molar-refractivity contribution is 6.30. The number of aryl methyl sites for hydroxylation is 2. The summed E-state index contributed by atoms with van der Waals surface area (Å²) in [4.78, 5) is 20.9. The number of aromatic nitrogens is 2. The molecule has 5 nitrogen and oxygen atoms in total. The number of benzene rings is 2. The molecule has 6 heteroatoms. The van der Waals surface area contributed by atoms with Gasteiger partial charge < -0.3 is 10.6 Å². The Morgan fingerprint density at radius 1 is 1.12 bits per heavy atom. The van der Waals surface area contributed by atoms with Crippen molar-refractivity contribution in [2.45, 2.75) is 20.3 Å². The van der Waals surface area contributed by atoms with Crippen molar-refractivity contribution < 1.29 is 4.79 Å². The van der Waals surface area contributed by atoms with Crippen molar-refractivity contribution in [3.05, 3.63) is 76.6 Å². The van der Waals surface area contributed by atoms with Crippen LogP contribution in [0.25, 0.3) is 0 Å². The largest absolute Gasteiger partial charge is 0.324 e. The molecule has 0 saturated carbocycles. The van der Waals surface area contributed by atoms with Crippen LogP contribution in [0.3, 0.4) is 0 Å². The third-order valence-electron chi connectivity index (χ3n) is 3.95. The third-order valence-corrected chi connectivity index (χ3v) is 4.19. The predicted molar refractivity (Wildman–Crippen MR) is 105 cm³/mol. The fraction of sp³-hybridized carbons (Fsp3) is 0.150. The average Bonchev–Trinajstić information content (AvgIpc) is 2.65. The van der Waals surface area contributed by atoms with Crippen molar-refractivity contribution in [1.29, 1.82) is 0 Å². The minimum absolute atomic E-state index is 0.279. The van der Waals surface area contributed by atoms with E-state index >= 15 is 0 Å². The van der Waals surface area contributed by atoms with Crippen LogP contribution < -0.4 is 10.6 Å². The summed E-state index contributed by atoms with van der Waals surface area (Å²) in [6, 6.07) is 14.8. The second kappa shape index (κ2) is 7.97. The summed E-state index contributed by atoms with van der Waals surface area (Å²) in [6.45, 7) is 4.04. The van der Waals surface area contributed by atoms with E-state index < -0.39 is 0 Å². The Morgan fingerprint density at radius 3 is 2.62 bits per heavy atom. The minimum atomic E-state index is -0.289. The lowest BCUT2D eigenvalue weighted by atomic mass is 10.1. The first-order valence-electron chi connectivity index (χ1n) is 8.31. The van der Waals surface area contributed by atoms with Crippen LogP contribution in [-0.4, -0.2) is 15.9 Å². The van der Waals surface area contributed by atoms with Gasteiger partial charge >= 0.3 is 0 Å². The van der Waals surface area contributed by atoms with E-state index in [1.165, 1.54) is 5.56 Å². The molecule has 0 atom stereocenters. The lowest BCUT2D eigenvalue weighted by molar-refractivity contribution is 0.102. The van der Waals surface area contributed by atoms with E-state index in [0.29, 0.717) is 11.0 Å². The van der Waals surface area contributed by atoms with Gasteiger partial charge in [0.1, 0.15) is 5.69 Å². The van der Waals surface area contributed by atoms with Crippen LogP contribution in [0.4, 0.5) is 17.3 Å². The number of rotatable bonds is 5. The van der Waals surface area contributed by atoms with Gasteiger partial charge in [0.25, 0.3) is 5.91 Å². The number of carbonyl (C=O) groups excluding carboxylic acids is 1. The summed E-state index contributed by atoms with van der Waals surface area (Å²) in [5, 5.41) is 6.56. The molecular weight excluding hydrogens is 348 g/mol. The Bertz CT molecular complexity index is 925. The van der Waals surface area contributed by atoms with Crippen molar-refractivity contribution in [2.24, 2.45) is 0 Å². The van der Waals surface area contributed by atoms with E-state index in [9.17, 15) is 4.79 Å². The minimum Gasteiger partial charge on any atom is -0.324 e. The van der Waals surface area contributed by atoms with Crippen molar-refractivity contribution in [1.82, 2.24) is 9.97 Å². The predicted octanol–water partition coefficient (Wildman–Crippen LogP) is 5.00. The molecule has 0 aliphatic rings. The molecule has 0 unspecified atom stereocenters. The molecule has 0 bridgehead atoms. The second-order valence-corrected chi connectivity index (χ2v) is 6.29. The van der Waals surface area contributed by atoms with Crippen LogP contribution in [0.5, 0.6) is 0 Å². The lowest BCUT2D eigenvalue weighted by Crippen LogP contribution is -2.14. The van der Waals surface area contributed by atoms with Gasteiger partial charge in [0.05, 0.1) is 0 Å². The van der Waals surface area contributed by atoms with Crippen LogP contribution in [0.1, 0.15) is 28.5 Å². The van der Waals surface area contributed by atoms with Crippen LogP contribution in [0, 0.1) is 6.92 Å². The molecule has 0 aliphatic carbocycles. The topological polar surface area (TPSA) is 66.9 Å². The van der Waals surface area contributed by atoms with Gasteiger partial charge in [-0.1, -0.05) is 36.7 Å². The third kappa shape index (κ3) is 4.37.